The molecule has 0 bridgehead atoms. The fourth-order valence-corrected chi connectivity index (χ4v) is 3.77. The summed E-state index contributed by atoms with van der Waals surface area (Å²) in [4.78, 5) is 2.75. The summed E-state index contributed by atoms with van der Waals surface area (Å²) in [5, 5.41) is 3.72. The number of nitrogens with zero attached hydrogens (tertiary/aromatic N) is 1. The molecular weight excluding hydrogens is 232 g/mol. The topological polar surface area (TPSA) is 15.3 Å². The van der Waals surface area contributed by atoms with Crippen molar-refractivity contribution in [2.45, 2.75) is 50.1 Å². The maximum Gasteiger partial charge on any atom is 0.0221 e. The van der Waals surface area contributed by atoms with Crippen LogP contribution in [0.4, 0.5) is 0 Å². The maximum absolute atomic E-state index is 3.72. The van der Waals surface area contributed by atoms with Crippen LogP contribution in [0, 0.1) is 0 Å². The Labute approximate surface area is 116 Å². The summed E-state index contributed by atoms with van der Waals surface area (Å²) in [7, 11) is 0. The standard InChI is InChI=1S/C17H24N2/c1-2-6-17-13(4-1)10-14(17)12-19-9-3-5-16(19)11-18-15-7-8-15/h1-2,4,6,14-16,18H,3,5,7-12H2. The zero-order chi connectivity index (χ0) is 12.7. The van der Waals surface area contributed by atoms with Crippen LogP contribution in [0.1, 0.15) is 42.7 Å². The van der Waals surface area contributed by atoms with Crippen molar-refractivity contribution in [2.75, 3.05) is 19.6 Å². The number of benzene rings is 1. The molecule has 1 saturated heterocycles. The fraction of sp³-hybridized carbons (Fsp3) is 0.647. The van der Waals surface area contributed by atoms with Crippen LogP contribution in [0.3, 0.4) is 0 Å². The highest BCUT2D eigenvalue weighted by atomic mass is 15.2. The molecule has 0 aromatic heterocycles. The van der Waals surface area contributed by atoms with Gasteiger partial charge in [0, 0.05) is 31.1 Å². The molecule has 2 fully saturated rings. The van der Waals surface area contributed by atoms with Crippen LogP contribution >= 0.6 is 0 Å². The molecule has 1 aliphatic heterocycles. The van der Waals surface area contributed by atoms with Crippen molar-refractivity contribution in [3.8, 4) is 0 Å². The molecule has 0 spiro atoms. The molecule has 3 aliphatic rings. The van der Waals surface area contributed by atoms with Gasteiger partial charge in [0.05, 0.1) is 0 Å². The van der Waals surface area contributed by atoms with E-state index in [1.165, 1.54) is 51.7 Å². The molecule has 2 unspecified atom stereocenters. The van der Waals surface area contributed by atoms with Gasteiger partial charge in [-0.25, -0.2) is 0 Å². The molecule has 2 nitrogen and oxygen atoms in total. The summed E-state index contributed by atoms with van der Waals surface area (Å²) in [5.41, 5.74) is 3.20. The van der Waals surface area contributed by atoms with E-state index in [0.717, 1.165) is 18.0 Å². The average Bonchev–Trinajstić information content (AvgIpc) is 3.13. The van der Waals surface area contributed by atoms with E-state index in [-0.39, 0.29) is 0 Å². The molecule has 102 valence electrons. The lowest BCUT2D eigenvalue weighted by Gasteiger charge is -2.35. The van der Waals surface area contributed by atoms with Crippen molar-refractivity contribution in [3.05, 3.63) is 35.4 Å². The Morgan fingerprint density at radius 2 is 2.05 bits per heavy atom. The minimum atomic E-state index is 0.799. The molecule has 1 N–H and O–H groups in total. The van der Waals surface area contributed by atoms with Gasteiger partial charge in [-0.2, -0.15) is 0 Å². The van der Waals surface area contributed by atoms with Gasteiger partial charge in [0.25, 0.3) is 0 Å². The Kier molecular flexibility index (Phi) is 3.08. The van der Waals surface area contributed by atoms with Gasteiger partial charge in [-0.15, -0.1) is 0 Å². The van der Waals surface area contributed by atoms with Crippen molar-refractivity contribution in [3.63, 3.8) is 0 Å². The fourth-order valence-electron chi connectivity index (χ4n) is 3.77. The number of fused-ring (bicyclic) bond motifs is 1. The molecule has 1 heterocycles. The quantitative estimate of drug-likeness (QED) is 0.871. The van der Waals surface area contributed by atoms with Gasteiger partial charge in [-0.05, 0) is 49.8 Å². The number of likely N-dealkylation sites (tertiary alicyclic amines) is 1. The first kappa shape index (κ1) is 11.9. The van der Waals surface area contributed by atoms with E-state index in [2.05, 4.69) is 34.5 Å². The van der Waals surface area contributed by atoms with Crippen LogP contribution in [0.2, 0.25) is 0 Å². The summed E-state index contributed by atoms with van der Waals surface area (Å²) in [6.45, 7) is 3.82. The molecule has 2 aliphatic carbocycles. The summed E-state index contributed by atoms with van der Waals surface area (Å²) < 4.78 is 0. The Hall–Kier alpha value is -0.860. The summed E-state index contributed by atoms with van der Waals surface area (Å²) in [6, 6.07) is 10.6. The highest BCUT2D eigenvalue weighted by molar-refractivity contribution is 5.40. The maximum atomic E-state index is 3.72. The van der Waals surface area contributed by atoms with Crippen molar-refractivity contribution < 1.29 is 0 Å². The third-order valence-electron chi connectivity index (χ3n) is 5.13. The van der Waals surface area contributed by atoms with Crippen LogP contribution in [-0.4, -0.2) is 36.6 Å². The van der Waals surface area contributed by atoms with Crippen LogP contribution in [-0.2, 0) is 6.42 Å². The lowest BCUT2D eigenvalue weighted by Crippen LogP contribution is -2.42. The largest absolute Gasteiger partial charge is 0.312 e. The lowest BCUT2D eigenvalue weighted by atomic mass is 9.77. The molecule has 4 rings (SSSR count). The molecule has 0 amide bonds. The second-order valence-corrected chi connectivity index (χ2v) is 6.57. The zero-order valence-electron chi connectivity index (χ0n) is 11.6. The Balaban J connectivity index is 1.34. The van der Waals surface area contributed by atoms with Gasteiger partial charge in [0.1, 0.15) is 0 Å². The molecule has 2 heteroatoms. The lowest BCUT2D eigenvalue weighted by molar-refractivity contribution is 0.225. The van der Waals surface area contributed by atoms with E-state index in [0.29, 0.717) is 0 Å². The van der Waals surface area contributed by atoms with Crippen molar-refractivity contribution >= 4 is 0 Å². The zero-order valence-corrected chi connectivity index (χ0v) is 11.6. The number of rotatable bonds is 5. The van der Waals surface area contributed by atoms with Crippen LogP contribution in [0.15, 0.2) is 24.3 Å². The average molecular weight is 256 g/mol. The normalized spacial score (nSPS) is 30.1. The van der Waals surface area contributed by atoms with E-state index < -0.39 is 0 Å². The second-order valence-electron chi connectivity index (χ2n) is 6.57. The van der Waals surface area contributed by atoms with Gasteiger partial charge in [-0.3, -0.25) is 4.90 Å². The summed E-state index contributed by atoms with van der Waals surface area (Å²) in [6.07, 6.45) is 6.90. The third kappa shape index (κ3) is 2.44. The monoisotopic (exact) mass is 256 g/mol. The van der Waals surface area contributed by atoms with Gasteiger partial charge in [0.2, 0.25) is 0 Å². The first-order chi connectivity index (χ1) is 9.40. The van der Waals surface area contributed by atoms with Gasteiger partial charge in [-0.1, -0.05) is 24.3 Å². The summed E-state index contributed by atoms with van der Waals surface area (Å²) in [5.74, 6) is 0.803. The van der Waals surface area contributed by atoms with Gasteiger partial charge >= 0.3 is 0 Å². The first-order valence-electron chi connectivity index (χ1n) is 7.95. The molecule has 1 saturated carbocycles. The van der Waals surface area contributed by atoms with Crippen LogP contribution < -0.4 is 5.32 Å². The Morgan fingerprint density at radius 1 is 1.16 bits per heavy atom. The van der Waals surface area contributed by atoms with Crippen molar-refractivity contribution in [2.24, 2.45) is 0 Å². The molecule has 19 heavy (non-hydrogen) atoms. The number of nitrogens with one attached hydrogen (secondary N) is 1. The first-order valence-corrected chi connectivity index (χ1v) is 7.95. The van der Waals surface area contributed by atoms with Crippen molar-refractivity contribution in [1.29, 1.82) is 0 Å². The molecule has 2 atom stereocenters. The highest BCUT2D eigenvalue weighted by Crippen LogP contribution is 2.36. The Morgan fingerprint density at radius 3 is 2.89 bits per heavy atom. The number of hydrogen-bond acceptors (Lipinski definition) is 2. The minimum Gasteiger partial charge on any atom is -0.312 e. The van der Waals surface area contributed by atoms with E-state index in [4.69, 9.17) is 0 Å². The van der Waals surface area contributed by atoms with Gasteiger partial charge < -0.3 is 5.32 Å². The summed E-state index contributed by atoms with van der Waals surface area (Å²) >= 11 is 0. The van der Waals surface area contributed by atoms with Gasteiger partial charge in [0.15, 0.2) is 0 Å². The second kappa shape index (κ2) is 4.92. The van der Waals surface area contributed by atoms with E-state index in [9.17, 15) is 0 Å². The molecular formula is C17H24N2. The van der Waals surface area contributed by atoms with E-state index >= 15 is 0 Å². The van der Waals surface area contributed by atoms with E-state index in [1.54, 1.807) is 11.1 Å². The number of hydrogen-bond donors (Lipinski definition) is 1. The predicted molar refractivity (Wildman–Crippen MR) is 78.5 cm³/mol. The van der Waals surface area contributed by atoms with Crippen molar-refractivity contribution in [1.82, 2.24) is 10.2 Å². The van der Waals surface area contributed by atoms with Crippen LogP contribution in [0.25, 0.3) is 0 Å². The van der Waals surface area contributed by atoms with E-state index in [1.807, 2.05) is 0 Å². The highest BCUT2D eigenvalue weighted by Gasteiger charge is 2.32. The Bertz CT molecular complexity index is 452. The molecule has 0 radical (unpaired) electrons. The smallest absolute Gasteiger partial charge is 0.0221 e. The molecule has 1 aromatic carbocycles. The third-order valence-corrected chi connectivity index (χ3v) is 5.13. The minimum absolute atomic E-state index is 0.799. The SMILES string of the molecule is c1ccc2c(c1)CC2CN1CCCC1CNC1CC1. The van der Waals surface area contributed by atoms with Crippen LogP contribution in [0.5, 0.6) is 0 Å². The molecule has 1 aromatic rings. The predicted octanol–water partition coefficient (Wildman–Crippen LogP) is 2.54.